The van der Waals surface area contributed by atoms with Gasteiger partial charge in [0, 0.05) is 13.2 Å². The highest BCUT2D eigenvalue weighted by Gasteiger charge is 2.12. The zero-order valence-corrected chi connectivity index (χ0v) is 9.12. The Bertz CT molecular complexity index is 333. The molecule has 0 spiro atoms. The number of aryl methyl sites for hydroxylation is 2. The van der Waals surface area contributed by atoms with E-state index >= 15 is 0 Å². The Morgan fingerprint density at radius 1 is 1.47 bits per heavy atom. The number of hydrogen-bond donors (Lipinski definition) is 1. The van der Waals surface area contributed by atoms with Crippen molar-refractivity contribution in [3.8, 4) is 0 Å². The summed E-state index contributed by atoms with van der Waals surface area (Å²) in [5.74, 6) is 0.00709. The molecule has 4 heteroatoms. The lowest BCUT2D eigenvalue weighted by molar-refractivity contribution is -0.121. The number of carbonyl (C=O) groups excluding carboxylic acids is 1. The fourth-order valence-corrected chi connectivity index (χ4v) is 2.01. The molecule has 1 aliphatic rings. The number of aromatic nitrogens is 2. The molecule has 1 aromatic rings. The molecule has 1 amide bonds. The second kappa shape index (κ2) is 4.47. The summed E-state index contributed by atoms with van der Waals surface area (Å²) in [5.41, 5.74) is 2.52. The van der Waals surface area contributed by atoms with Crippen LogP contribution in [-0.2, 0) is 24.2 Å². The van der Waals surface area contributed by atoms with Crippen molar-refractivity contribution in [2.75, 3.05) is 7.05 Å². The zero-order chi connectivity index (χ0) is 10.7. The first-order chi connectivity index (χ1) is 7.29. The molecule has 0 unspecified atom stereocenters. The largest absolute Gasteiger partial charge is 0.358 e. The van der Waals surface area contributed by atoms with Crippen molar-refractivity contribution in [2.45, 2.75) is 38.6 Å². The molecule has 0 radical (unpaired) electrons. The van der Waals surface area contributed by atoms with Crippen LogP contribution in [0.1, 0.15) is 30.5 Å². The molecule has 0 saturated carbocycles. The van der Waals surface area contributed by atoms with Crippen LogP contribution in [0.15, 0.2) is 6.20 Å². The highest BCUT2D eigenvalue weighted by atomic mass is 16.1. The summed E-state index contributed by atoms with van der Waals surface area (Å²) in [6.07, 6.45) is 7.98. The SMILES string of the molecule is CNC(=O)Cn1cc2c(n1)CCCCC2. The van der Waals surface area contributed by atoms with Crippen molar-refractivity contribution < 1.29 is 4.79 Å². The fraction of sp³-hybridized carbons (Fsp3) is 0.636. The number of carbonyl (C=O) groups is 1. The van der Waals surface area contributed by atoms with Crippen LogP contribution in [0.4, 0.5) is 0 Å². The Morgan fingerprint density at radius 2 is 2.27 bits per heavy atom. The van der Waals surface area contributed by atoms with E-state index in [9.17, 15) is 4.79 Å². The maximum atomic E-state index is 11.2. The van der Waals surface area contributed by atoms with Gasteiger partial charge in [-0.25, -0.2) is 0 Å². The lowest BCUT2D eigenvalue weighted by atomic mass is 10.1. The van der Waals surface area contributed by atoms with Crippen LogP contribution < -0.4 is 5.32 Å². The molecule has 0 atom stereocenters. The van der Waals surface area contributed by atoms with Gasteiger partial charge in [-0.1, -0.05) is 6.42 Å². The van der Waals surface area contributed by atoms with Crippen molar-refractivity contribution in [1.82, 2.24) is 15.1 Å². The predicted molar refractivity (Wildman–Crippen MR) is 57.6 cm³/mol. The molecule has 0 fully saturated rings. The monoisotopic (exact) mass is 207 g/mol. The van der Waals surface area contributed by atoms with Gasteiger partial charge in [0.1, 0.15) is 6.54 Å². The maximum Gasteiger partial charge on any atom is 0.241 e. The normalized spacial score (nSPS) is 15.5. The summed E-state index contributed by atoms with van der Waals surface area (Å²) in [7, 11) is 1.65. The summed E-state index contributed by atoms with van der Waals surface area (Å²) >= 11 is 0. The molecule has 1 aromatic heterocycles. The lowest BCUT2D eigenvalue weighted by Crippen LogP contribution is -2.23. The van der Waals surface area contributed by atoms with Gasteiger partial charge in [-0.2, -0.15) is 5.10 Å². The Morgan fingerprint density at radius 3 is 3.07 bits per heavy atom. The van der Waals surface area contributed by atoms with Gasteiger partial charge in [0.2, 0.25) is 5.91 Å². The van der Waals surface area contributed by atoms with Crippen LogP contribution in [0.5, 0.6) is 0 Å². The summed E-state index contributed by atoms with van der Waals surface area (Å²) in [4.78, 5) is 11.2. The second-order valence-corrected chi connectivity index (χ2v) is 4.03. The first kappa shape index (κ1) is 10.2. The second-order valence-electron chi connectivity index (χ2n) is 4.03. The predicted octanol–water partition coefficient (Wildman–Crippen LogP) is 0.898. The number of nitrogens with one attached hydrogen (secondary N) is 1. The number of hydrogen-bond acceptors (Lipinski definition) is 2. The highest BCUT2D eigenvalue weighted by Crippen LogP contribution is 2.18. The Kier molecular flexibility index (Phi) is 3.04. The van der Waals surface area contributed by atoms with Crippen molar-refractivity contribution in [3.05, 3.63) is 17.5 Å². The Balaban J connectivity index is 2.11. The minimum atomic E-state index is 0.00709. The first-order valence-corrected chi connectivity index (χ1v) is 5.55. The van der Waals surface area contributed by atoms with Crippen LogP contribution in [0.2, 0.25) is 0 Å². The van der Waals surface area contributed by atoms with E-state index in [1.807, 2.05) is 6.20 Å². The maximum absolute atomic E-state index is 11.2. The van der Waals surface area contributed by atoms with Gasteiger partial charge in [0.25, 0.3) is 0 Å². The third-order valence-corrected chi connectivity index (χ3v) is 2.87. The first-order valence-electron chi connectivity index (χ1n) is 5.55. The highest BCUT2D eigenvalue weighted by molar-refractivity contribution is 5.75. The van der Waals surface area contributed by atoms with Gasteiger partial charge in [-0.05, 0) is 31.2 Å². The smallest absolute Gasteiger partial charge is 0.241 e. The van der Waals surface area contributed by atoms with Gasteiger partial charge in [-0.15, -0.1) is 0 Å². The van der Waals surface area contributed by atoms with Gasteiger partial charge < -0.3 is 5.32 Å². The number of nitrogens with zero attached hydrogens (tertiary/aromatic N) is 2. The number of fused-ring (bicyclic) bond motifs is 1. The van der Waals surface area contributed by atoms with Gasteiger partial charge in [0.15, 0.2) is 0 Å². The minimum absolute atomic E-state index is 0.00709. The van der Waals surface area contributed by atoms with E-state index < -0.39 is 0 Å². The molecule has 0 aliphatic heterocycles. The van der Waals surface area contributed by atoms with Gasteiger partial charge in [0.05, 0.1) is 5.69 Å². The van der Waals surface area contributed by atoms with Crippen molar-refractivity contribution in [3.63, 3.8) is 0 Å². The van der Waals surface area contributed by atoms with E-state index in [1.165, 1.54) is 30.5 Å². The van der Waals surface area contributed by atoms with E-state index in [2.05, 4.69) is 10.4 Å². The van der Waals surface area contributed by atoms with E-state index in [4.69, 9.17) is 0 Å². The standard InChI is InChI=1S/C11H17N3O/c1-12-11(15)8-14-7-9-5-3-2-4-6-10(9)13-14/h7H,2-6,8H2,1H3,(H,12,15). The summed E-state index contributed by atoms with van der Waals surface area (Å²) < 4.78 is 1.76. The Hall–Kier alpha value is -1.32. The number of likely N-dealkylation sites (N-methyl/N-ethyl adjacent to an activating group) is 1. The number of amides is 1. The lowest BCUT2D eigenvalue weighted by Gasteiger charge is -1.99. The molecule has 1 heterocycles. The summed E-state index contributed by atoms with van der Waals surface area (Å²) in [5, 5.41) is 7.06. The van der Waals surface area contributed by atoms with Crippen LogP contribution >= 0.6 is 0 Å². The molecular weight excluding hydrogens is 190 g/mol. The number of rotatable bonds is 2. The third kappa shape index (κ3) is 2.37. The zero-order valence-electron chi connectivity index (χ0n) is 9.12. The summed E-state index contributed by atoms with van der Waals surface area (Å²) in [6, 6.07) is 0. The molecule has 82 valence electrons. The molecule has 4 nitrogen and oxygen atoms in total. The van der Waals surface area contributed by atoms with E-state index in [-0.39, 0.29) is 5.91 Å². The molecule has 0 aromatic carbocycles. The average molecular weight is 207 g/mol. The minimum Gasteiger partial charge on any atom is -0.358 e. The van der Waals surface area contributed by atoms with Crippen LogP contribution in [0.3, 0.4) is 0 Å². The average Bonchev–Trinajstić information content (AvgIpc) is 2.48. The molecule has 15 heavy (non-hydrogen) atoms. The molecular formula is C11H17N3O. The molecule has 1 aliphatic carbocycles. The molecule has 2 rings (SSSR count). The van der Waals surface area contributed by atoms with Gasteiger partial charge in [-0.3, -0.25) is 9.48 Å². The van der Waals surface area contributed by atoms with Crippen LogP contribution in [0.25, 0.3) is 0 Å². The molecule has 0 saturated heterocycles. The topological polar surface area (TPSA) is 46.9 Å². The van der Waals surface area contributed by atoms with Crippen LogP contribution in [-0.4, -0.2) is 22.7 Å². The van der Waals surface area contributed by atoms with E-state index in [0.717, 1.165) is 12.8 Å². The van der Waals surface area contributed by atoms with Crippen molar-refractivity contribution >= 4 is 5.91 Å². The molecule has 1 N–H and O–H groups in total. The third-order valence-electron chi connectivity index (χ3n) is 2.87. The van der Waals surface area contributed by atoms with E-state index in [1.54, 1.807) is 11.7 Å². The van der Waals surface area contributed by atoms with Gasteiger partial charge >= 0.3 is 0 Å². The van der Waals surface area contributed by atoms with Crippen molar-refractivity contribution in [2.24, 2.45) is 0 Å². The Labute approximate surface area is 89.7 Å². The van der Waals surface area contributed by atoms with Crippen LogP contribution in [0, 0.1) is 0 Å². The molecule has 0 bridgehead atoms. The van der Waals surface area contributed by atoms with Crippen molar-refractivity contribution in [1.29, 1.82) is 0 Å². The quantitative estimate of drug-likeness (QED) is 0.732. The fourth-order valence-electron chi connectivity index (χ4n) is 2.01. The van der Waals surface area contributed by atoms with E-state index in [0.29, 0.717) is 6.54 Å². The summed E-state index contributed by atoms with van der Waals surface area (Å²) in [6.45, 7) is 0.337.